The van der Waals surface area contributed by atoms with Crippen LogP contribution < -0.4 is 0 Å². The first-order valence-electron chi connectivity index (χ1n) is 13.2. The number of likely N-dealkylation sites (N-methyl/N-ethyl adjacent to an activating group) is 1. The van der Waals surface area contributed by atoms with Gasteiger partial charge >= 0.3 is 0 Å². The number of aliphatic hydroxyl groups is 1. The van der Waals surface area contributed by atoms with Crippen molar-refractivity contribution in [1.29, 1.82) is 0 Å². The van der Waals surface area contributed by atoms with Crippen LogP contribution in [-0.2, 0) is 32.7 Å². The molecule has 210 valence electrons. The van der Waals surface area contributed by atoms with Gasteiger partial charge in [0.05, 0.1) is 36.5 Å². The van der Waals surface area contributed by atoms with E-state index in [0.717, 1.165) is 11.1 Å². The monoisotopic (exact) mass is 555 g/mol. The summed E-state index contributed by atoms with van der Waals surface area (Å²) >= 11 is 0. The molecule has 3 atom stereocenters. The lowest BCUT2D eigenvalue weighted by Crippen LogP contribution is -2.47. The number of aliphatic hydroxyl groups excluding tert-OH is 1. The maximum absolute atomic E-state index is 13.5. The van der Waals surface area contributed by atoms with Gasteiger partial charge in [-0.05, 0) is 36.6 Å². The van der Waals surface area contributed by atoms with Gasteiger partial charge in [-0.15, -0.1) is 5.10 Å². The Morgan fingerprint density at radius 2 is 1.82 bits per heavy atom. The van der Waals surface area contributed by atoms with E-state index in [9.17, 15) is 18.3 Å². The number of aromatic nitrogens is 3. The molecule has 11 heteroatoms. The zero-order valence-electron chi connectivity index (χ0n) is 22.7. The molecule has 0 fully saturated rings. The van der Waals surface area contributed by atoms with E-state index in [4.69, 9.17) is 4.74 Å². The van der Waals surface area contributed by atoms with Crippen LogP contribution >= 0.6 is 0 Å². The number of amides is 1. The summed E-state index contributed by atoms with van der Waals surface area (Å²) in [6.45, 7) is 4.69. The molecular weight excluding hydrogens is 518 g/mol. The highest BCUT2D eigenvalue weighted by Crippen LogP contribution is 2.24. The number of nitrogens with zero attached hydrogens (tertiary/aromatic N) is 5. The predicted octanol–water partition coefficient (Wildman–Crippen LogP) is 2.79. The second-order valence-corrected chi connectivity index (χ2v) is 12.2. The molecule has 39 heavy (non-hydrogen) atoms. The molecule has 0 spiro atoms. The zero-order valence-corrected chi connectivity index (χ0v) is 23.5. The van der Waals surface area contributed by atoms with Crippen LogP contribution in [0.4, 0.5) is 0 Å². The van der Waals surface area contributed by atoms with Crippen molar-refractivity contribution < 1.29 is 23.1 Å². The topological polar surface area (TPSA) is 118 Å². The van der Waals surface area contributed by atoms with Crippen LogP contribution in [0.1, 0.15) is 32.4 Å². The van der Waals surface area contributed by atoms with Crippen LogP contribution in [0.5, 0.6) is 0 Å². The van der Waals surface area contributed by atoms with E-state index in [-0.39, 0.29) is 42.5 Å². The number of carbonyl (C=O) groups excluding carboxylic acids is 1. The molecule has 0 radical (unpaired) electrons. The predicted molar refractivity (Wildman–Crippen MR) is 147 cm³/mol. The second-order valence-electron chi connectivity index (χ2n) is 10.2. The number of hydrogen-bond donors (Lipinski definition) is 1. The van der Waals surface area contributed by atoms with Crippen LogP contribution in [0.25, 0.3) is 11.1 Å². The number of aryl methyl sites for hydroxylation is 1. The standard InChI is InChI=1S/C28H37N5O5S/c1-21-16-33(22(2)19-34)28(35)10-7-15-32-17-25(29-30-32)20-38-27(21)18-31(3)39(36,37)26-13-11-24(12-14-26)23-8-5-4-6-9-23/h4-6,8-9,11-14,17,21-22,27,34H,7,10,15-16,18-20H2,1-3H3/t21-,22+,27+/m1/s1. The lowest BCUT2D eigenvalue weighted by Gasteiger charge is -2.35. The third-order valence-electron chi connectivity index (χ3n) is 7.15. The number of carbonyl (C=O) groups is 1. The average molecular weight is 556 g/mol. The summed E-state index contributed by atoms with van der Waals surface area (Å²) in [5.41, 5.74) is 2.58. The van der Waals surface area contributed by atoms with Gasteiger partial charge in [0.25, 0.3) is 0 Å². The summed E-state index contributed by atoms with van der Waals surface area (Å²) in [6.07, 6.45) is 2.15. The number of rotatable bonds is 7. The Morgan fingerprint density at radius 3 is 2.51 bits per heavy atom. The Balaban J connectivity index is 1.55. The number of hydrogen-bond acceptors (Lipinski definition) is 7. The summed E-state index contributed by atoms with van der Waals surface area (Å²) in [7, 11) is -2.27. The van der Waals surface area contributed by atoms with E-state index in [1.165, 1.54) is 11.4 Å². The lowest BCUT2D eigenvalue weighted by molar-refractivity contribution is -0.136. The Kier molecular flexibility index (Phi) is 9.49. The van der Waals surface area contributed by atoms with Crippen molar-refractivity contribution >= 4 is 15.9 Å². The second kappa shape index (κ2) is 12.8. The van der Waals surface area contributed by atoms with Crippen molar-refractivity contribution in [3.8, 4) is 11.1 Å². The minimum atomic E-state index is -3.81. The van der Waals surface area contributed by atoms with Gasteiger partial charge in [0.2, 0.25) is 15.9 Å². The van der Waals surface area contributed by atoms with E-state index < -0.39 is 16.1 Å². The maximum atomic E-state index is 13.5. The largest absolute Gasteiger partial charge is 0.394 e. The smallest absolute Gasteiger partial charge is 0.242 e. The number of sulfonamides is 1. The average Bonchev–Trinajstić information content (AvgIpc) is 3.41. The lowest BCUT2D eigenvalue weighted by atomic mass is 10.0. The molecule has 0 saturated heterocycles. The molecule has 0 aliphatic carbocycles. The van der Waals surface area contributed by atoms with E-state index in [1.54, 1.807) is 47.0 Å². The minimum absolute atomic E-state index is 0.0683. The zero-order chi connectivity index (χ0) is 28.0. The van der Waals surface area contributed by atoms with Crippen LogP contribution in [0, 0.1) is 5.92 Å². The molecule has 1 aliphatic rings. The van der Waals surface area contributed by atoms with Crippen molar-refractivity contribution in [2.24, 2.45) is 5.92 Å². The van der Waals surface area contributed by atoms with Crippen molar-refractivity contribution in [2.45, 2.75) is 56.9 Å². The van der Waals surface area contributed by atoms with Gasteiger partial charge in [0.1, 0.15) is 5.69 Å². The molecular formula is C28H37N5O5S. The molecule has 4 rings (SSSR count). The number of fused-ring (bicyclic) bond motifs is 2. The molecule has 2 heterocycles. The first-order valence-corrected chi connectivity index (χ1v) is 14.7. The SMILES string of the molecule is C[C@@H]1CN([C@@H](C)CO)C(=O)CCCn2cc(nn2)CO[C@H]1CN(C)S(=O)(=O)c1ccc(-c2ccccc2)cc1. The Bertz CT molecular complexity index is 1330. The van der Waals surface area contributed by atoms with Gasteiger partial charge in [-0.25, -0.2) is 8.42 Å². The van der Waals surface area contributed by atoms with E-state index in [1.807, 2.05) is 37.3 Å². The highest BCUT2D eigenvalue weighted by Gasteiger charge is 2.31. The summed E-state index contributed by atoms with van der Waals surface area (Å²) in [4.78, 5) is 14.9. The summed E-state index contributed by atoms with van der Waals surface area (Å²) < 4.78 is 36.2. The van der Waals surface area contributed by atoms with Crippen molar-refractivity contribution in [3.63, 3.8) is 0 Å². The molecule has 0 saturated carbocycles. The molecule has 1 aromatic heterocycles. The fraction of sp³-hybridized carbons (Fsp3) is 0.464. The van der Waals surface area contributed by atoms with Crippen LogP contribution in [0.2, 0.25) is 0 Å². The quantitative estimate of drug-likeness (QED) is 0.476. The van der Waals surface area contributed by atoms with Crippen molar-refractivity contribution in [3.05, 3.63) is 66.5 Å². The Morgan fingerprint density at radius 1 is 1.13 bits per heavy atom. The molecule has 3 aromatic rings. The van der Waals surface area contributed by atoms with Gasteiger partial charge in [0.15, 0.2) is 0 Å². The summed E-state index contributed by atoms with van der Waals surface area (Å²) in [6, 6.07) is 16.2. The first kappa shape index (κ1) is 28.9. The van der Waals surface area contributed by atoms with Crippen molar-refractivity contribution in [1.82, 2.24) is 24.2 Å². The fourth-order valence-corrected chi connectivity index (χ4v) is 5.86. The first-order chi connectivity index (χ1) is 18.7. The van der Waals surface area contributed by atoms with E-state index >= 15 is 0 Å². The van der Waals surface area contributed by atoms with E-state index in [0.29, 0.717) is 31.6 Å². The van der Waals surface area contributed by atoms with Crippen LogP contribution in [0.3, 0.4) is 0 Å². The molecule has 1 amide bonds. The van der Waals surface area contributed by atoms with Crippen LogP contribution in [-0.4, -0.2) is 82.5 Å². The van der Waals surface area contributed by atoms with Crippen LogP contribution in [0.15, 0.2) is 65.7 Å². The van der Waals surface area contributed by atoms with Gasteiger partial charge in [-0.3, -0.25) is 9.48 Å². The van der Waals surface area contributed by atoms with Gasteiger partial charge in [-0.1, -0.05) is 54.6 Å². The maximum Gasteiger partial charge on any atom is 0.242 e. The molecule has 1 aliphatic heterocycles. The highest BCUT2D eigenvalue weighted by atomic mass is 32.2. The van der Waals surface area contributed by atoms with Gasteiger partial charge < -0.3 is 14.7 Å². The molecule has 2 aromatic carbocycles. The normalized spacial score (nSPS) is 20.2. The third-order valence-corrected chi connectivity index (χ3v) is 8.99. The van der Waals surface area contributed by atoms with E-state index in [2.05, 4.69) is 10.3 Å². The molecule has 1 N–H and O–H groups in total. The number of benzene rings is 2. The molecule has 10 nitrogen and oxygen atoms in total. The molecule has 0 unspecified atom stereocenters. The van der Waals surface area contributed by atoms with Gasteiger partial charge in [-0.2, -0.15) is 4.31 Å². The third kappa shape index (κ3) is 7.10. The Labute approximate surface area is 230 Å². The summed E-state index contributed by atoms with van der Waals surface area (Å²) in [5.74, 6) is -0.293. The number of ether oxygens (including phenoxy) is 1. The summed E-state index contributed by atoms with van der Waals surface area (Å²) in [5, 5.41) is 18.1. The fourth-order valence-electron chi connectivity index (χ4n) is 4.67. The highest BCUT2D eigenvalue weighted by molar-refractivity contribution is 7.89. The molecule has 2 bridgehead atoms. The van der Waals surface area contributed by atoms with Crippen molar-refractivity contribution in [2.75, 3.05) is 26.7 Å². The van der Waals surface area contributed by atoms with Gasteiger partial charge in [0, 0.05) is 39.0 Å². The minimum Gasteiger partial charge on any atom is -0.394 e. The Hall–Kier alpha value is -3.12.